The number of urea groups is 1. The molecule has 1 aromatic heterocycles. The second kappa shape index (κ2) is 6.90. The molecule has 2 heterocycles. The Balaban J connectivity index is 1.30. The molecule has 0 unspecified atom stereocenters. The standard InChI is InChI=1S/C20H26N4O/c1-15-7-9-23(13-19(15)24-10-8-21-14-24)20(25)22-18-11-17(12-18)16-5-3-2-4-6-16/h2-6,8,10,14-15,17-19H,7,9,11-13H2,1H3,(H,22,25)/t15-,17?,18?,19+/m1/s1. The van der Waals surface area contributed by atoms with Gasteiger partial charge in [-0.2, -0.15) is 0 Å². The SMILES string of the molecule is C[C@@H]1CCN(C(=O)NC2CC(c3ccccc3)C2)C[C@@H]1n1ccnc1. The Morgan fingerprint density at radius 2 is 2.04 bits per heavy atom. The van der Waals surface area contributed by atoms with Crippen LogP contribution in [0.25, 0.3) is 0 Å². The molecule has 1 aliphatic carbocycles. The summed E-state index contributed by atoms with van der Waals surface area (Å²) in [6.45, 7) is 3.86. The van der Waals surface area contributed by atoms with Gasteiger partial charge in [-0.1, -0.05) is 37.3 Å². The van der Waals surface area contributed by atoms with Gasteiger partial charge in [-0.25, -0.2) is 9.78 Å². The van der Waals surface area contributed by atoms with Crippen LogP contribution < -0.4 is 5.32 Å². The molecule has 2 aliphatic rings. The Hall–Kier alpha value is -2.30. The number of imidazole rings is 1. The van der Waals surface area contributed by atoms with E-state index in [1.54, 1.807) is 0 Å². The predicted molar refractivity (Wildman–Crippen MR) is 97.4 cm³/mol. The summed E-state index contributed by atoms with van der Waals surface area (Å²) in [4.78, 5) is 18.8. The molecule has 4 rings (SSSR count). The summed E-state index contributed by atoms with van der Waals surface area (Å²) in [5.41, 5.74) is 1.39. The van der Waals surface area contributed by atoms with Crippen LogP contribution in [0.4, 0.5) is 4.79 Å². The highest BCUT2D eigenvalue weighted by Gasteiger charge is 2.34. The maximum Gasteiger partial charge on any atom is 0.317 e. The number of nitrogens with zero attached hydrogens (tertiary/aromatic N) is 3. The molecule has 2 amide bonds. The molecule has 0 bridgehead atoms. The van der Waals surface area contributed by atoms with E-state index in [1.165, 1.54) is 5.56 Å². The number of hydrogen-bond acceptors (Lipinski definition) is 2. The molecule has 1 saturated heterocycles. The van der Waals surface area contributed by atoms with Crippen LogP contribution in [-0.2, 0) is 0 Å². The number of amides is 2. The Labute approximate surface area is 149 Å². The van der Waals surface area contributed by atoms with Crippen LogP contribution in [0.1, 0.15) is 43.7 Å². The van der Waals surface area contributed by atoms with Crippen molar-refractivity contribution in [2.45, 2.75) is 44.2 Å². The van der Waals surface area contributed by atoms with E-state index in [4.69, 9.17) is 0 Å². The largest absolute Gasteiger partial charge is 0.335 e. The van der Waals surface area contributed by atoms with E-state index in [2.05, 4.69) is 52.1 Å². The van der Waals surface area contributed by atoms with Crippen LogP contribution in [-0.4, -0.2) is 39.6 Å². The Bertz CT molecular complexity index is 694. The van der Waals surface area contributed by atoms with Gasteiger partial charge in [0.2, 0.25) is 0 Å². The average Bonchev–Trinajstić information content (AvgIpc) is 3.13. The van der Waals surface area contributed by atoms with Gasteiger partial charge in [0.05, 0.1) is 12.4 Å². The minimum absolute atomic E-state index is 0.0912. The number of hydrogen-bond donors (Lipinski definition) is 1. The van der Waals surface area contributed by atoms with E-state index in [0.717, 1.165) is 32.4 Å². The number of piperidine rings is 1. The summed E-state index contributed by atoms with van der Waals surface area (Å²) in [6.07, 6.45) is 8.80. The van der Waals surface area contributed by atoms with Gasteiger partial charge in [-0.3, -0.25) is 0 Å². The van der Waals surface area contributed by atoms with Crippen molar-refractivity contribution in [1.82, 2.24) is 19.8 Å². The van der Waals surface area contributed by atoms with Crippen molar-refractivity contribution in [1.29, 1.82) is 0 Å². The van der Waals surface area contributed by atoms with Gasteiger partial charge in [0, 0.05) is 31.5 Å². The highest BCUT2D eigenvalue weighted by atomic mass is 16.2. The summed E-state index contributed by atoms with van der Waals surface area (Å²) in [5.74, 6) is 1.15. The lowest BCUT2D eigenvalue weighted by atomic mass is 9.76. The van der Waals surface area contributed by atoms with E-state index in [0.29, 0.717) is 23.9 Å². The van der Waals surface area contributed by atoms with Crippen molar-refractivity contribution in [3.05, 3.63) is 54.6 Å². The highest BCUT2D eigenvalue weighted by Crippen LogP contribution is 2.37. The molecular formula is C20H26N4O. The minimum atomic E-state index is 0.0912. The predicted octanol–water partition coefficient (Wildman–Crippen LogP) is 3.42. The monoisotopic (exact) mass is 338 g/mol. The first-order chi connectivity index (χ1) is 12.2. The maximum atomic E-state index is 12.7. The number of nitrogens with one attached hydrogen (secondary N) is 1. The topological polar surface area (TPSA) is 50.2 Å². The van der Waals surface area contributed by atoms with Crippen molar-refractivity contribution in [2.75, 3.05) is 13.1 Å². The normalized spacial score (nSPS) is 29.1. The van der Waals surface area contributed by atoms with E-state index in [-0.39, 0.29) is 6.03 Å². The van der Waals surface area contributed by atoms with Crippen LogP contribution in [0.3, 0.4) is 0 Å². The molecule has 0 radical (unpaired) electrons. The van der Waals surface area contributed by atoms with Gasteiger partial charge in [-0.05, 0) is 36.7 Å². The first-order valence-electron chi connectivity index (χ1n) is 9.28. The number of rotatable bonds is 3. The first kappa shape index (κ1) is 16.2. The third kappa shape index (κ3) is 3.41. The number of likely N-dealkylation sites (tertiary alicyclic amines) is 1. The smallest absolute Gasteiger partial charge is 0.317 e. The molecule has 2 aromatic rings. The summed E-state index contributed by atoms with van der Waals surface area (Å²) in [5, 5.41) is 3.23. The number of benzene rings is 1. The number of aromatic nitrogens is 2. The molecule has 1 aromatic carbocycles. The van der Waals surface area contributed by atoms with Crippen LogP contribution in [0.2, 0.25) is 0 Å². The second-order valence-electron chi connectivity index (χ2n) is 7.51. The third-order valence-electron chi connectivity index (χ3n) is 5.85. The van der Waals surface area contributed by atoms with Gasteiger partial charge >= 0.3 is 6.03 Å². The van der Waals surface area contributed by atoms with Gasteiger partial charge in [-0.15, -0.1) is 0 Å². The molecule has 5 heteroatoms. The Morgan fingerprint density at radius 3 is 2.76 bits per heavy atom. The van der Waals surface area contributed by atoms with Gasteiger partial charge < -0.3 is 14.8 Å². The molecule has 2 atom stereocenters. The molecule has 1 saturated carbocycles. The van der Waals surface area contributed by atoms with Gasteiger partial charge in [0.25, 0.3) is 0 Å². The lowest BCUT2D eigenvalue weighted by molar-refractivity contribution is 0.132. The van der Waals surface area contributed by atoms with Gasteiger partial charge in [0.15, 0.2) is 0 Å². The molecule has 2 fully saturated rings. The van der Waals surface area contributed by atoms with Crippen LogP contribution in [0.5, 0.6) is 0 Å². The summed E-state index contributed by atoms with van der Waals surface area (Å²) >= 11 is 0. The van der Waals surface area contributed by atoms with E-state index in [1.807, 2.05) is 23.6 Å². The Morgan fingerprint density at radius 1 is 1.24 bits per heavy atom. The summed E-state index contributed by atoms with van der Waals surface area (Å²) in [7, 11) is 0. The van der Waals surface area contributed by atoms with Crippen LogP contribution in [0, 0.1) is 5.92 Å². The van der Waals surface area contributed by atoms with Crippen molar-refractivity contribution in [2.24, 2.45) is 5.92 Å². The fourth-order valence-corrected chi connectivity index (χ4v) is 4.09. The van der Waals surface area contributed by atoms with Crippen LogP contribution in [0.15, 0.2) is 49.1 Å². The molecule has 5 nitrogen and oxygen atoms in total. The van der Waals surface area contributed by atoms with Crippen molar-refractivity contribution < 1.29 is 4.79 Å². The molecule has 132 valence electrons. The number of carbonyl (C=O) groups is 1. The molecule has 25 heavy (non-hydrogen) atoms. The highest BCUT2D eigenvalue weighted by molar-refractivity contribution is 5.74. The zero-order valence-corrected chi connectivity index (χ0v) is 14.7. The second-order valence-corrected chi connectivity index (χ2v) is 7.51. The van der Waals surface area contributed by atoms with Gasteiger partial charge in [0.1, 0.15) is 0 Å². The van der Waals surface area contributed by atoms with Crippen molar-refractivity contribution in [3.8, 4) is 0 Å². The van der Waals surface area contributed by atoms with Crippen LogP contribution >= 0.6 is 0 Å². The van der Waals surface area contributed by atoms with E-state index < -0.39 is 0 Å². The minimum Gasteiger partial charge on any atom is -0.335 e. The molecule has 1 aliphatic heterocycles. The van der Waals surface area contributed by atoms with Crippen molar-refractivity contribution in [3.63, 3.8) is 0 Å². The zero-order chi connectivity index (χ0) is 17.2. The average molecular weight is 338 g/mol. The fourth-order valence-electron chi connectivity index (χ4n) is 4.09. The zero-order valence-electron chi connectivity index (χ0n) is 14.7. The lowest BCUT2D eigenvalue weighted by Gasteiger charge is -2.41. The Kier molecular flexibility index (Phi) is 4.47. The molecule has 0 spiro atoms. The summed E-state index contributed by atoms with van der Waals surface area (Å²) < 4.78 is 2.14. The van der Waals surface area contributed by atoms with E-state index >= 15 is 0 Å². The van der Waals surface area contributed by atoms with Crippen molar-refractivity contribution >= 4 is 6.03 Å². The quantitative estimate of drug-likeness (QED) is 0.932. The van der Waals surface area contributed by atoms with E-state index in [9.17, 15) is 4.79 Å². The molecular weight excluding hydrogens is 312 g/mol. The fraction of sp³-hybridized carbons (Fsp3) is 0.500. The summed E-state index contributed by atoms with van der Waals surface area (Å²) in [6, 6.07) is 11.3. The third-order valence-corrected chi connectivity index (χ3v) is 5.85. The first-order valence-corrected chi connectivity index (χ1v) is 9.28. The lowest BCUT2D eigenvalue weighted by Crippen LogP contribution is -2.52. The number of carbonyl (C=O) groups excluding carboxylic acids is 1. The maximum absolute atomic E-state index is 12.7. The molecule has 1 N–H and O–H groups in total.